The van der Waals surface area contributed by atoms with Crippen molar-refractivity contribution in [3.05, 3.63) is 15.5 Å². The average molecular weight is 660 g/mol. The van der Waals surface area contributed by atoms with Gasteiger partial charge in [-0.25, -0.2) is 14.5 Å². The zero-order chi connectivity index (χ0) is 28.4. The molecule has 0 spiro atoms. The molecule has 0 aromatic carbocycles. The van der Waals surface area contributed by atoms with E-state index in [2.05, 4.69) is 48.0 Å². The van der Waals surface area contributed by atoms with Gasteiger partial charge in [0.25, 0.3) is 0 Å². The Morgan fingerprint density at radius 2 is 1.50 bits per heavy atom. The van der Waals surface area contributed by atoms with Gasteiger partial charge in [0.2, 0.25) is 0 Å². The van der Waals surface area contributed by atoms with E-state index in [1.54, 1.807) is 0 Å². The summed E-state index contributed by atoms with van der Waals surface area (Å²) >= 11 is 4.34. The zero-order valence-electron chi connectivity index (χ0n) is 24.7. The van der Waals surface area contributed by atoms with Crippen LogP contribution in [0.2, 0.25) is 0 Å². The highest BCUT2D eigenvalue weighted by atomic mass is 127. The van der Waals surface area contributed by atoms with Crippen LogP contribution in [0.1, 0.15) is 99.6 Å². The highest BCUT2D eigenvalue weighted by Crippen LogP contribution is 2.74. The summed E-state index contributed by atoms with van der Waals surface area (Å²) in [5.74, 6) is 0.666. The van der Waals surface area contributed by atoms with E-state index in [-0.39, 0.29) is 16.7 Å². The predicted octanol–water partition coefficient (Wildman–Crippen LogP) is 7.82. The largest absolute Gasteiger partial charge is 0.443 e. The fraction of sp³-hybridized carbons (Fsp3) is 0.828. The quantitative estimate of drug-likeness (QED) is 0.290. The van der Waals surface area contributed by atoms with E-state index in [9.17, 15) is 9.59 Å². The number of halogens is 1. The molecule has 2 unspecified atom stereocenters. The first kappa shape index (κ1) is 30.0. The number of ether oxygens (including phenoxy) is 2. The number of amides is 2. The lowest BCUT2D eigenvalue weighted by Gasteiger charge is -2.69. The van der Waals surface area contributed by atoms with Gasteiger partial charge >= 0.3 is 12.2 Å². The fourth-order valence-corrected chi connectivity index (χ4v) is 10.7. The predicted molar refractivity (Wildman–Crippen MR) is 160 cm³/mol. The van der Waals surface area contributed by atoms with E-state index in [4.69, 9.17) is 14.6 Å². The third kappa shape index (κ3) is 6.66. The molecule has 0 aliphatic heterocycles. The number of aromatic nitrogens is 2. The molecule has 4 aliphatic rings. The third-order valence-electron chi connectivity index (χ3n) is 8.13. The minimum Gasteiger partial charge on any atom is -0.443 e. The van der Waals surface area contributed by atoms with Gasteiger partial charge in [-0.1, -0.05) is 13.8 Å². The lowest BCUT2D eigenvalue weighted by atomic mass is 9.40. The number of nitrogens with zero attached hydrogens (tertiary/aromatic N) is 3. The van der Waals surface area contributed by atoms with Crippen LogP contribution in [-0.2, 0) is 16.0 Å². The van der Waals surface area contributed by atoms with Crippen molar-refractivity contribution in [3.8, 4) is 0 Å². The van der Waals surface area contributed by atoms with E-state index < -0.39 is 23.4 Å². The monoisotopic (exact) mass is 659 g/mol. The summed E-state index contributed by atoms with van der Waals surface area (Å²) in [7, 11) is 0. The Labute approximate surface area is 246 Å². The van der Waals surface area contributed by atoms with Crippen molar-refractivity contribution >= 4 is 46.5 Å². The topological polar surface area (TPSA) is 73.7 Å². The van der Waals surface area contributed by atoms with Gasteiger partial charge in [0.15, 0.2) is 0 Å². The maximum absolute atomic E-state index is 13.0. The molecule has 0 N–H and O–H groups in total. The van der Waals surface area contributed by atoms with E-state index in [0.717, 1.165) is 17.9 Å². The van der Waals surface area contributed by atoms with E-state index in [0.29, 0.717) is 16.6 Å². The van der Waals surface area contributed by atoms with Crippen LogP contribution >= 0.6 is 34.4 Å². The number of hydrogen-bond donors (Lipinski definition) is 0. The van der Waals surface area contributed by atoms with Crippen molar-refractivity contribution < 1.29 is 19.1 Å². The molecule has 4 fully saturated rings. The molecule has 1 heterocycles. The van der Waals surface area contributed by atoms with Crippen molar-refractivity contribution in [2.75, 3.05) is 12.3 Å². The minimum absolute atomic E-state index is 0.139. The van der Waals surface area contributed by atoms with Gasteiger partial charge in [-0.2, -0.15) is 16.9 Å². The van der Waals surface area contributed by atoms with Gasteiger partial charge in [-0.3, -0.25) is 4.68 Å². The van der Waals surface area contributed by atoms with Crippen LogP contribution in [0.4, 0.5) is 9.59 Å². The molecule has 5 rings (SSSR count). The van der Waals surface area contributed by atoms with Crippen LogP contribution in [-0.4, -0.2) is 55.1 Å². The molecule has 2 amide bonds. The lowest BCUT2D eigenvalue weighted by molar-refractivity contribution is -0.139. The third-order valence-corrected chi connectivity index (χ3v) is 10.6. The Hall–Kier alpha value is -0.970. The molecule has 4 aliphatic carbocycles. The van der Waals surface area contributed by atoms with Crippen LogP contribution in [0.15, 0.2) is 6.20 Å². The first-order valence-corrected chi connectivity index (χ1v) is 15.9. The summed E-state index contributed by atoms with van der Waals surface area (Å²) in [5.41, 5.74) is 0.705. The smallest absolute Gasteiger partial charge is 0.419 e. The molecule has 214 valence electrons. The second-order valence-corrected chi connectivity index (χ2v) is 17.8. The second-order valence-electron chi connectivity index (χ2n) is 15.1. The van der Waals surface area contributed by atoms with Crippen molar-refractivity contribution in [1.29, 1.82) is 0 Å². The molecule has 0 radical (unpaired) electrons. The van der Waals surface area contributed by atoms with Gasteiger partial charge in [0.1, 0.15) is 11.2 Å². The van der Waals surface area contributed by atoms with Gasteiger partial charge in [-0.15, -0.1) is 0 Å². The standard InChI is InChI=1S/C29H46IN3O4S/c1-20-21(30)12-31-33(20)19-28-14-26(8)13-27(9,15-28)17-29(16-26,18-28)38-11-10-32(22(34)36-24(2,3)4)23(35)37-25(5,6)7/h12H,10-11,13-19H2,1-9H3. The molecular formula is C29H46IN3O4S. The fourth-order valence-electron chi connectivity index (χ4n) is 8.30. The van der Waals surface area contributed by atoms with Crippen molar-refractivity contribution in [1.82, 2.24) is 14.7 Å². The van der Waals surface area contributed by atoms with Gasteiger partial charge in [0, 0.05) is 29.3 Å². The number of imide groups is 1. The zero-order valence-corrected chi connectivity index (χ0v) is 27.7. The normalized spacial score (nSPS) is 32.4. The Kier molecular flexibility index (Phi) is 7.77. The molecule has 7 nitrogen and oxygen atoms in total. The number of carbonyl (C=O) groups excluding carboxylic acids is 2. The van der Waals surface area contributed by atoms with E-state index in [1.807, 2.05) is 59.5 Å². The average Bonchev–Trinajstić information content (AvgIpc) is 2.97. The number of rotatable bonds is 6. The highest BCUT2D eigenvalue weighted by molar-refractivity contribution is 14.1. The summed E-state index contributed by atoms with van der Waals surface area (Å²) in [4.78, 5) is 27.2. The highest BCUT2D eigenvalue weighted by Gasteiger charge is 2.65. The molecule has 9 heteroatoms. The first-order valence-electron chi connectivity index (χ1n) is 13.8. The van der Waals surface area contributed by atoms with Gasteiger partial charge in [0.05, 0.1) is 9.77 Å². The van der Waals surface area contributed by atoms with Crippen LogP contribution in [0.5, 0.6) is 0 Å². The van der Waals surface area contributed by atoms with Crippen molar-refractivity contribution in [2.45, 2.75) is 123 Å². The maximum Gasteiger partial charge on any atom is 0.419 e. The minimum atomic E-state index is -0.692. The Morgan fingerprint density at radius 1 is 0.974 bits per heavy atom. The summed E-state index contributed by atoms with van der Waals surface area (Å²) in [5, 5.41) is 4.73. The molecule has 1 aromatic heterocycles. The number of carbonyl (C=O) groups is 2. The Morgan fingerprint density at radius 3 is 1.95 bits per heavy atom. The van der Waals surface area contributed by atoms with Crippen molar-refractivity contribution in [3.63, 3.8) is 0 Å². The van der Waals surface area contributed by atoms with E-state index in [1.165, 1.54) is 41.4 Å². The summed E-state index contributed by atoms with van der Waals surface area (Å²) in [6.07, 6.45) is 8.01. The van der Waals surface area contributed by atoms with Crippen LogP contribution in [0.3, 0.4) is 0 Å². The SMILES string of the molecule is Cc1c(I)cnn1CC12CC3(C)CC(C)(C1)CC(SCCN(C(=O)OC(C)(C)C)C(=O)OC(C)(C)C)(C3)C2. The Bertz CT molecular complexity index is 1040. The molecule has 2 atom stereocenters. The lowest BCUT2D eigenvalue weighted by Crippen LogP contribution is -2.62. The maximum atomic E-state index is 13.0. The number of thioether (sulfide) groups is 1. The molecule has 4 bridgehead atoms. The van der Waals surface area contributed by atoms with Crippen LogP contribution < -0.4 is 0 Å². The van der Waals surface area contributed by atoms with E-state index >= 15 is 0 Å². The molecule has 4 saturated carbocycles. The second kappa shape index (κ2) is 9.84. The van der Waals surface area contributed by atoms with Crippen molar-refractivity contribution in [2.24, 2.45) is 16.2 Å². The number of hydrogen-bond acceptors (Lipinski definition) is 6. The molecule has 38 heavy (non-hydrogen) atoms. The Balaban J connectivity index is 1.52. The molecule has 1 aromatic rings. The van der Waals surface area contributed by atoms with Gasteiger partial charge in [-0.05, 0) is 126 Å². The van der Waals surface area contributed by atoms with Crippen LogP contribution in [0.25, 0.3) is 0 Å². The summed E-state index contributed by atoms with van der Waals surface area (Å²) in [6, 6.07) is 0. The van der Waals surface area contributed by atoms with Gasteiger partial charge < -0.3 is 9.47 Å². The molecule has 0 saturated heterocycles. The molecular weight excluding hydrogens is 613 g/mol. The summed E-state index contributed by atoms with van der Waals surface area (Å²) in [6.45, 7) is 19.3. The van der Waals surface area contributed by atoms with Crippen LogP contribution in [0, 0.1) is 26.7 Å². The summed E-state index contributed by atoms with van der Waals surface area (Å²) < 4.78 is 14.7. The first-order chi connectivity index (χ1) is 17.2.